The number of aryl methyl sites for hydroxylation is 2. The average molecular weight is 510 g/mol. The summed E-state index contributed by atoms with van der Waals surface area (Å²) >= 11 is 3.39. The minimum atomic E-state index is -0.628. The summed E-state index contributed by atoms with van der Waals surface area (Å²) in [6, 6.07) is 8.06. The minimum absolute atomic E-state index is 0.0115. The number of nitrogens with one attached hydrogen (secondary N) is 1. The molecule has 1 aromatic heterocycles. The van der Waals surface area contributed by atoms with Gasteiger partial charge in [-0.15, -0.1) is 0 Å². The van der Waals surface area contributed by atoms with Crippen LogP contribution in [0.4, 0.5) is 5.95 Å². The molecule has 1 heterocycles. The number of hydrogen-bond donors (Lipinski definition) is 1. The number of anilines is 1. The maximum atomic E-state index is 12.4. The Morgan fingerprint density at radius 2 is 1.97 bits per heavy atom. The molecule has 3 rings (SSSR count). The Hall–Kier alpha value is -3.43. The molecule has 2 aromatic rings. The van der Waals surface area contributed by atoms with Crippen molar-refractivity contribution in [2.24, 2.45) is 5.92 Å². The Labute approximate surface area is 201 Å². The molecule has 33 heavy (non-hydrogen) atoms. The van der Waals surface area contributed by atoms with E-state index in [0.717, 1.165) is 23.1 Å². The zero-order valence-corrected chi connectivity index (χ0v) is 20.5. The van der Waals surface area contributed by atoms with Gasteiger partial charge in [0.15, 0.2) is 5.69 Å². The van der Waals surface area contributed by atoms with Gasteiger partial charge in [0.05, 0.1) is 25.2 Å². The molecule has 8 nitrogen and oxygen atoms in total. The number of allylic oxidation sites excluding steroid dienone is 1. The lowest BCUT2D eigenvalue weighted by Gasteiger charge is -2.45. The van der Waals surface area contributed by atoms with Gasteiger partial charge in [-0.1, -0.05) is 6.92 Å². The van der Waals surface area contributed by atoms with E-state index in [1.54, 1.807) is 6.08 Å². The molecule has 0 atom stereocenters. The number of nitrogens with zero attached hydrogens (tertiary/aromatic N) is 4. The number of nitriles is 2. The summed E-state index contributed by atoms with van der Waals surface area (Å²) in [7, 11) is 1.28. The van der Waals surface area contributed by atoms with E-state index in [2.05, 4.69) is 37.3 Å². The molecule has 0 saturated heterocycles. The van der Waals surface area contributed by atoms with Gasteiger partial charge in [0.25, 0.3) is 0 Å². The van der Waals surface area contributed by atoms with Crippen LogP contribution < -0.4 is 10.1 Å². The fraction of sp³-hybridized carbons (Fsp3) is 0.375. The van der Waals surface area contributed by atoms with Crippen molar-refractivity contribution in [1.29, 1.82) is 10.5 Å². The molecule has 170 valence electrons. The first-order chi connectivity index (χ1) is 15.8. The number of aromatic nitrogens is 2. The van der Waals surface area contributed by atoms with Crippen LogP contribution >= 0.6 is 15.9 Å². The number of benzene rings is 1. The van der Waals surface area contributed by atoms with Crippen LogP contribution in [0.3, 0.4) is 0 Å². The lowest BCUT2D eigenvalue weighted by molar-refractivity contribution is 0.0592. The number of halogens is 1. The van der Waals surface area contributed by atoms with E-state index in [1.165, 1.54) is 13.2 Å². The molecule has 1 saturated carbocycles. The Kier molecular flexibility index (Phi) is 7.35. The van der Waals surface area contributed by atoms with E-state index < -0.39 is 5.97 Å². The van der Waals surface area contributed by atoms with Crippen molar-refractivity contribution in [2.75, 3.05) is 12.4 Å². The molecule has 1 fully saturated rings. The normalized spacial score (nSPS) is 19.3. The van der Waals surface area contributed by atoms with Gasteiger partial charge in [-0.3, -0.25) is 0 Å². The van der Waals surface area contributed by atoms with Crippen LogP contribution in [0.25, 0.3) is 6.08 Å². The third-order valence-corrected chi connectivity index (χ3v) is 6.46. The summed E-state index contributed by atoms with van der Waals surface area (Å²) in [5.41, 5.74) is 2.29. The van der Waals surface area contributed by atoms with Crippen LogP contribution in [0.1, 0.15) is 53.4 Å². The maximum Gasteiger partial charge on any atom is 0.358 e. The highest BCUT2D eigenvalue weighted by atomic mass is 79.9. The summed E-state index contributed by atoms with van der Waals surface area (Å²) in [6.45, 7) is 5.82. The molecule has 1 N–H and O–H groups in total. The molecule has 0 bridgehead atoms. The van der Waals surface area contributed by atoms with Crippen LogP contribution in [0.2, 0.25) is 0 Å². The molecular weight excluding hydrogens is 486 g/mol. The van der Waals surface area contributed by atoms with E-state index in [0.29, 0.717) is 18.6 Å². The van der Waals surface area contributed by atoms with Crippen molar-refractivity contribution in [1.82, 2.24) is 9.97 Å². The number of carbonyl (C=O) groups excluding carboxylic acids is 1. The van der Waals surface area contributed by atoms with Crippen LogP contribution in [0.5, 0.6) is 11.6 Å². The maximum absolute atomic E-state index is 12.4. The predicted octanol–water partition coefficient (Wildman–Crippen LogP) is 5.47. The van der Waals surface area contributed by atoms with Crippen molar-refractivity contribution >= 4 is 33.9 Å². The predicted molar refractivity (Wildman–Crippen MR) is 127 cm³/mol. The summed E-state index contributed by atoms with van der Waals surface area (Å²) < 4.78 is 11.3. The molecule has 1 aliphatic rings. The number of esters is 1. The van der Waals surface area contributed by atoms with Crippen LogP contribution in [0.15, 0.2) is 22.7 Å². The molecule has 1 aliphatic carbocycles. The van der Waals surface area contributed by atoms with Gasteiger partial charge in [0.2, 0.25) is 11.8 Å². The van der Waals surface area contributed by atoms with E-state index in [-0.39, 0.29) is 33.5 Å². The first-order valence-corrected chi connectivity index (χ1v) is 11.2. The van der Waals surface area contributed by atoms with E-state index in [9.17, 15) is 10.1 Å². The quantitative estimate of drug-likeness (QED) is 0.385. The largest absolute Gasteiger partial charge is 0.464 e. The topological polar surface area (TPSA) is 121 Å². The van der Waals surface area contributed by atoms with E-state index >= 15 is 0 Å². The Balaban J connectivity index is 2.01. The lowest BCUT2D eigenvalue weighted by atomic mass is 9.67. The number of carbonyl (C=O) groups is 1. The lowest BCUT2D eigenvalue weighted by Crippen LogP contribution is -2.50. The van der Waals surface area contributed by atoms with Crippen molar-refractivity contribution in [3.8, 4) is 23.8 Å². The molecule has 0 aliphatic heterocycles. The Morgan fingerprint density at radius 1 is 1.30 bits per heavy atom. The molecule has 0 unspecified atom stereocenters. The second kappa shape index (κ2) is 10.0. The number of ether oxygens (including phenoxy) is 2. The summed E-state index contributed by atoms with van der Waals surface area (Å²) in [5.74, 6) is 0.348. The number of rotatable bonds is 7. The van der Waals surface area contributed by atoms with Gasteiger partial charge in [-0.25, -0.2) is 9.78 Å². The zero-order valence-electron chi connectivity index (χ0n) is 18.9. The molecule has 9 heteroatoms. The van der Waals surface area contributed by atoms with Crippen LogP contribution in [-0.2, 0) is 4.74 Å². The fourth-order valence-electron chi connectivity index (χ4n) is 3.94. The number of methoxy groups -OCH3 is 1. The molecule has 0 amide bonds. The summed E-state index contributed by atoms with van der Waals surface area (Å²) in [6.07, 6.45) is 5.28. The fourth-order valence-corrected chi connectivity index (χ4v) is 4.36. The molecule has 0 spiro atoms. The third-order valence-electron chi connectivity index (χ3n) is 5.74. The molecule has 0 radical (unpaired) electrons. The average Bonchev–Trinajstić information content (AvgIpc) is 2.77. The third kappa shape index (κ3) is 5.15. The van der Waals surface area contributed by atoms with Crippen LogP contribution in [0, 0.1) is 42.4 Å². The van der Waals surface area contributed by atoms with Gasteiger partial charge in [-0.05, 0) is 83.9 Å². The second-order valence-electron chi connectivity index (χ2n) is 8.05. The van der Waals surface area contributed by atoms with Crippen molar-refractivity contribution in [3.63, 3.8) is 0 Å². The van der Waals surface area contributed by atoms with E-state index in [4.69, 9.17) is 14.7 Å². The molecular formula is C24H24BrN5O3. The van der Waals surface area contributed by atoms with Crippen molar-refractivity contribution in [2.45, 2.75) is 45.6 Å². The second-order valence-corrected chi connectivity index (χ2v) is 8.84. The van der Waals surface area contributed by atoms with Gasteiger partial charge in [0, 0.05) is 11.6 Å². The first kappa shape index (κ1) is 24.2. The van der Waals surface area contributed by atoms with E-state index in [1.807, 2.05) is 39.0 Å². The molecule has 1 aromatic carbocycles. The summed E-state index contributed by atoms with van der Waals surface area (Å²) in [4.78, 5) is 21.3. The summed E-state index contributed by atoms with van der Waals surface area (Å²) in [5, 5.41) is 21.3. The van der Waals surface area contributed by atoms with Gasteiger partial charge in [0.1, 0.15) is 10.2 Å². The highest BCUT2D eigenvalue weighted by molar-refractivity contribution is 9.10. The number of hydrogen-bond acceptors (Lipinski definition) is 8. The van der Waals surface area contributed by atoms with Gasteiger partial charge < -0.3 is 14.8 Å². The minimum Gasteiger partial charge on any atom is -0.464 e. The Morgan fingerprint density at radius 3 is 2.52 bits per heavy atom. The van der Waals surface area contributed by atoms with Crippen molar-refractivity contribution < 1.29 is 14.3 Å². The van der Waals surface area contributed by atoms with Crippen molar-refractivity contribution in [3.05, 3.63) is 45.1 Å². The first-order valence-electron chi connectivity index (χ1n) is 10.4. The SMILES string of the molecule is CCC1(Nc2nc(Oc3c(C)cc(/C=C/C#N)cc3C)c(Br)c(C(=O)OC)n2)CC(C#N)C1. The monoisotopic (exact) mass is 509 g/mol. The highest BCUT2D eigenvalue weighted by Gasteiger charge is 2.43. The standard InChI is InChI=1S/C24H24BrN5O3/c1-5-24(11-17(12-24)13-27)30-23-28-19(22(31)32-4)18(25)21(29-23)33-20-14(2)9-16(7-6-8-26)10-15(20)3/h6-7,9-10,17H,5,11-12H2,1-4H3,(H,28,29,30)/b7-6+. The van der Waals surface area contributed by atoms with Gasteiger partial charge >= 0.3 is 5.97 Å². The smallest absolute Gasteiger partial charge is 0.358 e. The zero-order chi connectivity index (χ0) is 24.2. The Bertz CT molecular complexity index is 1170. The highest BCUT2D eigenvalue weighted by Crippen LogP contribution is 2.43. The van der Waals surface area contributed by atoms with Crippen LogP contribution in [-0.4, -0.2) is 28.6 Å². The van der Waals surface area contributed by atoms with Gasteiger partial charge in [-0.2, -0.15) is 15.5 Å².